The molecule has 3 aromatic rings. The smallest absolute Gasteiger partial charge is 0.266 e. The minimum atomic E-state index is -0.532. The maximum atomic E-state index is 12.6. The molecule has 0 saturated carbocycles. The van der Waals surface area contributed by atoms with E-state index in [-0.39, 0.29) is 18.1 Å². The number of nitriles is 1. The second-order valence-corrected chi connectivity index (χ2v) is 7.10. The van der Waals surface area contributed by atoms with Gasteiger partial charge in [0.25, 0.3) is 11.8 Å². The van der Waals surface area contributed by atoms with Crippen LogP contribution in [0.4, 0.5) is 11.4 Å². The molecule has 3 aromatic carbocycles. The number of amides is 2. The third-order valence-electron chi connectivity index (χ3n) is 4.59. The van der Waals surface area contributed by atoms with Crippen LogP contribution in [0.1, 0.15) is 11.1 Å². The molecule has 0 aliphatic carbocycles. The van der Waals surface area contributed by atoms with Crippen LogP contribution in [-0.2, 0) is 9.59 Å². The van der Waals surface area contributed by atoms with Gasteiger partial charge in [0, 0.05) is 16.9 Å². The molecule has 0 radical (unpaired) electrons. The van der Waals surface area contributed by atoms with Gasteiger partial charge in [-0.15, -0.1) is 0 Å². The van der Waals surface area contributed by atoms with Gasteiger partial charge in [-0.25, -0.2) is 0 Å². The zero-order chi connectivity index (χ0) is 23.6. The van der Waals surface area contributed by atoms with Crippen molar-refractivity contribution < 1.29 is 19.1 Å². The van der Waals surface area contributed by atoms with E-state index in [1.165, 1.54) is 6.08 Å². The predicted octanol–water partition coefficient (Wildman–Crippen LogP) is 4.57. The second-order valence-electron chi connectivity index (χ2n) is 7.10. The average Bonchev–Trinajstić information content (AvgIpc) is 2.82. The third-order valence-corrected chi connectivity index (χ3v) is 4.59. The van der Waals surface area contributed by atoms with Crippen molar-refractivity contribution in [2.45, 2.75) is 6.92 Å². The lowest BCUT2D eigenvalue weighted by molar-refractivity contribution is -0.118. The Morgan fingerprint density at radius 1 is 0.970 bits per heavy atom. The van der Waals surface area contributed by atoms with E-state index in [1.54, 1.807) is 61.7 Å². The molecule has 0 atom stereocenters. The maximum Gasteiger partial charge on any atom is 0.266 e. The first-order valence-electron chi connectivity index (χ1n) is 10.1. The summed E-state index contributed by atoms with van der Waals surface area (Å²) in [4.78, 5) is 24.8. The summed E-state index contributed by atoms with van der Waals surface area (Å²) in [5.41, 5.74) is 2.61. The molecule has 0 aliphatic heterocycles. The number of ether oxygens (including phenoxy) is 2. The summed E-state index contributed by atoms with van der Waals surface area (Å²) in [5.74, 6) is 0.176. The van der Waals surface area contributed by atoms with E-state index in [9.17, 15) is 14.9 Å². The lowest BCUT2D eigenvalue weighted by atomic mass is 10.1. The van der Waals surface area contributed by atoms with Crippen LogP contribution >= 0.6 is 0 Å². The first-order chi connectivity index (χ1) is 16.0. The molecular weight excluding hydrogens is 418 g/mol. The van der Waals surface area contributed by atoms with Crippen molar-refractivity contribution in [1.82, 2.24) is 0 Å². The number of methoxy groups -OCH3 is 1. The molecule has 7 heteroatoms. The zero-order valence-corrected chi connectivity index (χ0v) is 18.3. The van der Waals surface area contributed by atoms with E-state index in [1.807, 2.05) is 31.2 Å². The Labute approximate surface area is 192 Å². The molecular formula is C26H23N3O4. The molecule has 3 rings (SSSR count). The van der Waals surface area contributed by atoms with Crippen molar-refractivity contribution in [2.24, 2.45) is 0 Å². The second kappa shape index (κ2) is 11.2. The number of para-hydroxylation sites is 1. The summed E-state index contributed by atoms with van der Waals surface area (Å²) >= 11 is 0. The fraction of sp³-hybridized carbons (Fsp3) is 0.115. The number of nitrogens with zero attached hydrogens (tertiary/aromatic N) is 1. The van der Waals surface area contributed by atoms with Gasteiger partial charge in [0.2, 0.25) is 0 Å². The fourth-order valence-corrected chi connectivity index (χ4v) is 2.97. The largest absolute Gasteiger partial charge is 0.497 e. The fourth-order valence-electron chi connectivity index (χ4n) is 2.97. The average molecular weight is 441 g/mol. The third kappa shape index (κ3) is 6.71. The quantitative estimate of drug-likeness (QED) is 0.394. The lowest BCUT2D eigenvalue weighted by Gasteiger charge is -2.11. The maximum absolute atomic E-state index is 12.6. The standard InChI is InChI=1S/C26H23N3O4/c1-18-6-5-8-22(14-18)29-26(31)20(16-27)15-19-7-3-4-9-24(19)33-17-25(30)28-21-10-12-23(32-2)13-11-21/h3-15H,17H2,1-2H3,(H,28,30)(H,29,31)/b20-15+. The van der Waals surface area contributed by atoms with Gasteiger partial charge in [0.15, 0.2) is 6.61 Å². The summed E-state index contributed by atoms with van der Waals surface area (Å²) in [6, 6.07) is 23.0. The van der Waals surface area contributed by atoms with Crippen LogP contribution in [0.25, 0.3) is 6.08 Å². The summed E-state index contributed by atoms with van der Waals surface area (Å²) < 4.78 is 10.7. The number of anilines is 2. The van der Waals surface area contributed by atoms with Crippen LogP contribution in [0.5, 0.6) is 11.5 Å². The van der Waals surface area contributed by atoms with Gasteiger partial charge < -0.3 is 20.1 Å². The van der Waals surface area contributed by atoms with Crippen LogP contribution in [0.15, 0.2) is 78.4 Å². The number of rotatable bonds is 8. The zero-order valence-electron chi connectivity index (χ0n) is 18.3. The number of aryl methyl sites for hydroxylation is 1. The highest BCUT2D eigenvalue weighted by Gasteiger charge is 2.12. The summed E-state index contributed by atoms with van der Waals surface area (Å²) in [6.07, 6.45) is 1.43. The highest BCUT2D eigenvalue weighted by Crippen LogP contribution is 2.22. The number of nitrogens with one attached hydrogen (secondary N) is 2. The van der Waals surface area contributed by atoms with E-state index in [0.717, 1.165) is 5.56 Å². The Hall–Kier alpha value is -4.57. The lowest BCUT2D eigenvalue weighted by Crippen LogP contribution is -2.20. The van der Waals surface area contributed by atoms with Gasteiger partial charge in [0.1, 0.15) is 23.1 Å². The number of hydrogen-bond acceptors (Lipinski definition) is 5. The SMILES string of the molecule is COc1ccc(NC(=O)COc2ccccc2/C=C(\C#N)C(=O)Nc2cccc(C)c2)cc1. The molecule has 0 bridgehead atoms. The molecule has 0 unspecified atom stereocenters. The summed E-state index contributed by atoms with van der Waals surface area (Å²) in [6.45, 7) is 1.67. The molecule has 166 valence electrons. The van der Waals surface area contributed by atoms with Gasteiger partial charge in [-0.1, -0.05) is 30.3 Å². The molecule has 0 fully saturated rings. The van der Waals surface area contributed by atoms with Crippen LogP contribution in [0.3, 0.4) is 0 Å². The minimum absolute atomic E-state index is 0.0877. The van der Waals surface area contributed by atoms with Crippen LogP contribution in [0.2, 0.25) is 0 Å². The highest BCUT2D eigenvalue weighted by atomic mass is 16.5. The Balaban J connectivity index is 1.67. The van der Waals surface area contributed by atoms with E-state index >= 15 is 0 Å². The molecule has 0 spiro atoms. The van der Waals surface area contributed by atoms with Gasteiger partial charge in [0.05, 0.1) is 7.11 Å². The number of carbonyl (C=O) groups excluding carboxylic acids is 2. The molecule has 0 saturated heterocycles. The minimum Gasteiger partial charge on any atom is -0.497 e. The molecule has 33 heavy (non-hydrogen) atoms. The Kier molecular flexibility index (Phi) is 7.81. The summed E-state index contributed by atoms with van der Waals surface area (Å²) in [5, 5.41) is 15.0. The number of benzene rings is 3. The first kappa shape index (κ1) is 23.1. The van der Waals surface area contributed by atoms with E-state index < -0.39 is 5.91 Å². The first-order valence-corrected chi connectivity index (χ1v) is 10.1. The van der Waals surface area contributed by atoms with Gasteiger partial charge in [-0.3, -0.25) is 9.59 Å². The molecule has 2 N–H and O–H groups in total. The topological polar surface area (TPSA) is 100 Å². The van der Waals surface area contributed by atoms with E-state index in [0.29, 0.717) is 28.4 Å². The number of hydrogen-bond donors (Lipinski definition) is 2. The summed E-state index contributed by atoms with van der Waals surface area (Å²) in [7, 11) is 1.57. The van der Waals surface area contributed by atoms with Crippen LogP contribution in [-0.4, -0.2) is 25.5 Å². The molecule has 0 aliphatic rings. The van der Waals surface area contributed by atoms with Gasteiger partial charge >= 0.3 is 0 Å². The molecule has 7 nitrogen and oxygen atoms in total. The van der Waals surface area contributed by atoms with Gasteiger partial charge in [-0.05, 0) is 61.0 Å². The molecule has 2 amide bonds. The van der Waals surface area contributed by atoms with Crippen molar-refractivity contribution >= 4 is 29.3 Å². The van der Waals surface area contributed by atoms with Gasteiger partial charge in [-0.2, -0.15) is 5.26 Å². The van der Waals surface area contributed by atoms with Crippen molar-refractivity contribution in [3.05, 3.63) is 89.5 Å². The van der Waals surface area contributed by atoms with Crippen LogP contribution in [0, 0.1) is 18.3 Å². The van der Waals surface area contributed by atoms with Crippen LogP contribution < -0.4 is 20.1 Å². The molecule has 0 heterocycles. The normalized spacial score (nSPS) is 10.6. The Morgan fingerprint density at radius 3 is 2.42 bits per heavy atom. The highest BCUT2D eigenvalue weighted by molar-refractivity contribution is 6.09. The van der Waals surface area contributed by atoms with E-state index in [2.05, 4.69) is 10.6 Å². The van der Waals surface area contributed by atoms with Crippen molar-refractivity contribution in [1.29, 1.82) is 5.26 Å². The Morgan fingerprint density at radius 2 is 1.73 bits per heavy atom. The Bertz CT molecular complexity index is 1210. The number of carbonyl (C=O) groups is 2. The molecule has 0 aromatic heterocycles. The monoisotopic (exact) mass is 441 g/mol. The van der Waals surface area contributed by atoms with Crippen molar-refractivity contribution in [2.75, 3.05) is 24.4 Å². The van der Waals surface area contributed by atoms with E-state index in [4.69, 9.17) is 9.47 Å². The van der Waals surface area contributed by atoms with Crippen molar-refractivity contribution in [3.63, 3.8) is 0 Å². The van der Waals surface area contributed by atoms with Crippen molar-refractivity contribution in [3.8, 4) is 17.6 Å². The predicted molar refractivity (Wildman–Crippen MR) is 127 cm³/mol.